The zero-order chi connectivity index (χ0) is 9.42. The van der Waals surface area contributed by atoms with Gasteiger partial charge in [0.1, 0.15) is 0 Å². The van der Waals surface area contributed by atoms with Crippen LogP contribution in [0.5, 0.6) is 0 Å². The molecule has 1 aromatic carbocycles. The van der Waals surface area contributed by atoms with E-state index in [0.717, 1.165) is 10.9 Å². The van der Waals surface area contributed by atoms with E-state index in [-0.39, 0.29) is 0 Å². The van der Waals surface area contributed by atoms with Crippen LogP contribution in [0, 0.1) is 6.92 Å². The van der Waals surface area contributed by atoms with Crippen LogP contribution in [0.2, 0.25) is 0 Å². The summed E-state index contributed by atoms with van der Waals surface area (Å²) >= 11 is 1.64. The van der Waals surface area contributed by atoms with Crippen molar-refractivity contribution in [3.8, 4) is 0 Å². The fraction of sp³-hybridized carbons (Fsp3) is 0.100. The molecule has 3 heteroatoms. The Morgan fingerprint density at radius 1 is 1.46 bits per heavy atom. The van der Waals surface area contributed by atoms with Crippen LogP contribution >= 0.6 is 11.3 Å². The minimum absolute atomic E-state index is 0.364. The van der Waals surface area contributed by atoms with Crippen LogP contribution in [0.15, 0.2) is 23.6 Å². The molecule has 1 aromatic heterocycles. The smallest absolute Gasteiger partial charge is 0.335 e. The number of rotatable bonds is 1. The van der Waals surface area contributed by atoms with Crippen molar-refractivity contribution in [1.82, 2.24) is 0 Å². The first kappa shape index (κ1) is 8.26. The van der Waals surface area contributed by atoms with Gasteiger partial charge in [0.25, 0.3) is 0 Å². The lowest BCUT2D eigenvalue weighted by Crippen LogP contribution is -1.95. The van der Waals surface area contributed by atoms with E-state index < -0.39 is 5.97 Å². The minimum atomic E-state index is -0.865. The van der Waals surface area contributed by atoms with E-state index >= 15 is 0 Å². The van der Waals surface area contributed by atoms with Crippen LogP contribution in [0.4, 0.5) is 0 Å². The Morgan fingerprint density at radius 3 is 2.92 bits per heavy atom. The fourth-order valence-electron chi connectivity index (χ4n) is 1.38. The Morgan fingerprint density at radius 2 is 2.23 bits per heavy atom. The van der Waals surface area contributed by atoms with Crippen molar-refractivity contribution in [2.24, 2.45) is 0 Å². The summed E-state index contributed by atoms with van der Waals surface area (Å²) < 4.78 is 1.17. The SMILES string of the molecule is Cc1cc(C(=O)O)cc2ccsc12. The molecule has 0 amide bonds. The van der Waals surface area contributed by atoms with Crippen molar-refractivity contribution in [2.75, 3.05) is 0 Å². The van der Waals surface area contributed by atoms with Gasteiger partial charge < -0.3 is 5.11 Å². The maximum absolute atomic E-state index is 10.7. The molecule has 0 saturated heterocycles. The Labute approximate surface area is 79.4 Å². The summed E-state index contributed by atoms with van der Waals surface area (Å²) in [5.74, 6) is -0.865. The highest BCUT2D eigenvalue weighted by Gasteiger charge is 2.06. The van der Waals surface area contributed by atoms with E-state index in [4.69, 9.17) is 5.11 Å². The first-order valence-electron chi connectivity index (χ1n) is 3.89. The summed E-state index contributed by atoms with van der Waals surface area (Å²) in [5, 5.41) is 11.8. The first-order chi connectivity index (χ1) is 6.18. The Bertz CT molecular complexity index is 471. The maximum Gasteiger partial charge on any atom is 0.335 e. The molecule has 0 aliphatic heterocycles. The molecule has 1 heterocycles. The Balaban J connectivity index is 2.77. The highest BCUT2D eigenvalue weighted by Crippen LogP contribution is 2.25. The number of aryl methyl sites for hydroxylation is 1. The third-order valence-electron chi connectivity index (χ3n) is 1.98. The van der Waals surface area contributed by atoms with Crippen molar-refractivity contribution in [3.05, 3.63) is 34.7 Å². The van der Waals surface area contributed by atoms with Crippen LogP contribution in [-0.4, -0.2) is 11.1 Å². The third kappa shape index (κ3) is 1.31. The summed E-state index contributed by atoms with van der Waals surface area (Å²) in [7, 11) is 0. The Hall–Kier alpha value is -1.35. The number of carboxylic acids is 1. The fourth-order valence-corrected chi connectivity index (χ4v) is 2.24. The normalized spacial score (nSPS) is 10.5. The summed E-state index contributed by atoms with van der Waals surface area (Å²) in [4.78, 5) is 10.7. The molecule has 66 valence electrons. The second kappa shape index (κ2) is 2.85. The largest absolute Gasteiger partial charge is 0.478 e. The van der Waals surface area contributed by atoms with Gasteiger partial charge in [-0.1, -0.05) is 0 Å². The molecular weight excluding hydrogens is 184 g/mol. The number of fused-ring (bicyclic) bond motifs is 1. The number of carboxylic acid groups (broad SMARTS) is 1. The average Bonchev–Trinajstić information content (AvgIpc) is 2.51. The monoisotopic (exact) mass is 192 g/mol. The molecule has 0 atom stereocenters. The highest BCUT2D eigenvalue weighted by atomic mass is 32.1. The van der Waals surface area contributed by atoms with Gasteiger partial charge in [0, 0.05) is 4.70 Å². The van der Waals surface area contributed by atoms with Crippen LogP contribution < -0.4 is 0 Å². The van der Waals surface area contributed by atoms with Gasteiger partial charge in [-0.3, -0.25) is 0 Å². The van der Waals surface area contributed by atoms with Crippen molar-refractivity contribution in [1.29, 1.82) is 0 Å². The van der Waals surface area contributed by atoms with Gasteiger partial charge in [-0.2, -0.15) is 0 Å². The first-order valence-corrected chi connectivity index (χ1v) is 4.77. The van der Waals surface area contributed by atoms with Gasteiger partial charge in [-0.25, -0.2) is 4.79 Å². The molecule has 0 spiro atoms. The van der Waals surface area contributed by atoms with Crippen LogP contribution in [-0.2, 0) is 0 Å². The number of aromatic carboxylic acids is 1. The molecule has 2 rings (SSSR count). The molecule has 0 bridgehead atoms. The molecule has 0 saturated carbocycles. The standard InChI is InChI=1S/C10H8O2S/c1-6-4-8(10(11)12)5-7-2-3-13-9(6)7/h2-5H,1H3,(H,11,12). The van der Waals surface area contributed by atoms with Gasteiger partial charge in [-0.15, -0.1) is 11.3 Å². The molecule has 0 aliphatic carbocycles. The van der Waals surface area contributed by atoms with Crippen LogP contribution in [0.3, 0.4) is 0 Å². The van der Waals surface area contributed by atoms with Gasteiger partial charge in [0.05, 0.1) is 5.56 Å². The summed E-state index contributed by atoms with van der Waals surface area (Å²) in [6, 6.07) is 5.36. The maximum atomic E-state index is 10.7. The van der Waals surface area contributed by atoms with Crippen LogP contribution in [0.25, 0.3) is 10.1 Å². The topological polar surface area (TPSA) is 37.3 Å². The number of thiophene rings is 1. The molecule has 0 unspecified atom stereocenters. The molecule has 13 heavy (non-hydrogen) atoms. The highest BCUT2D eigenvalue weighted by molar-refractivity contribution is 7.17. The number of benzene rings is 1. The van der Waals surface area contributed by atoms with E-state index in [1.54, 1.807) is 23.5 Å². The zero-order valence-electron chi connectivity index (χ0n) is 7.07. The lowest BCUT2D eigenvalue weighted by Gasteiger charge is -1.98. The lowest BCUT2D eigenvalue weighted by molar-refractivity contribution is 0.0697. The quantitative estimate of drug-likeness (QED) is 0.754. The molecular formula is C10H8O2S. The van der Waals surface area contributed by atoms with Crippen molar-refractivity contribution in [3.63, 3.8) is 0 Å². The zero-order valence-corrected chi connectivity index (χ0v) is 7.89. The second-order valence-corrected chi connectivity index (χ2v) is 3.85. The minimum Gasteiger partial charge on any atom is -0.478 e. The molecule has 0 aliphatic rings. The second-order valence-electron chi connectivity index (χ2n) is 2.94. The Kier molecular flexibility index (Phi) is 1.81. The van der Waals surface area contributed by atoms with Gasteiger partial charge in [0.15, 0.2) is 0 Å². The van der Waals surface area contributed by atoms with E-state index in [0.29, 0.717) is 5.56 Å². The van der Waals surface area contributed by atoms with Gasteiger partial charge in [0.2, 0.25) is 0 Å². The van der Waals surface area contributed by atoms with E-state index in [9.17, 15) is 4.79 Å². The average molecular weight is 192 g/mol. The van der Waals surface area contributed by atoms with E-state index in [1.165, 1.54) is 4.70 Å². The molecule has 0 fully saturated rings. The number of hydrogen-bond donors (Lipinski definition) is 1. The van der Waals surface area contributed by atoms with Crippen molar-refractivity contribution < 1.29 is 9.90 Å². The molecule has 0 radical (unpaired) electrons. The lowest BCUT2D eigenvalue weighted by atomic mass is 10.1. The number of carbonyl (C=O) groups is 1. The molecule has 1 N–H and O–H groups in total. The summed E-state index contributed by atoms with van der Waals surface area (Å²) in [6.45, 7) is 1.94. The van der Waals surface area contributed by atoms with Crippen molar-refractivity contribution >= 4 is 27.4 Å². The van der Waals surface area contributed by atoms with Crippen LogP contribution in [0.1, 0.15) is 15.9 Å². The predicted molar refractivity (Wildman–Crippen MR) is 53.5 cm³/mol. The van der Waals surface area contributed by atoms with E-state index in [2.05, 4.69) is 0 Å². The van der Waals surface area contributed by atoms with Crippen molar-refractivity contribution in [2.45, 2.75) is 6.92 Å². The third-order valence-corrected chi connectivity index (χ3v) is 3.05. The summed E-state index contributed by atoms with van der Waals surface area (Å²) in [5.41, 5.74) is 1.40. The predicted octanol–water partition coefficient (Wildman–Crippen LogP) is 2.91. The molecule has 2 aromatic rings. The number of hydrogen-bond acceptors (Lipinski definition) is 2. The van der Waals surface area contributed by atoms with E-state index in [1.807, 2.05) is 18.4 Å². The molecule has 2 nitrogen and oxygen atoms in total. The summed E-state index contributed by atoms with van der Waals surface area (Å²) in [6.07, 6.45) is 0. The van der Waals surface area contributed by atoms with Gasteiger partial charge in [-0.05, 0) is 41.5 Å². The van der Waals surface area contributed by atoms with Gasteiger partial charge >= 0.3 is 5.97 Å².